The number of alkyl halides is 1. The van der Waals surface area contributed by atoms with Crippen molar-refractivity contribution < 1.29 is 9.18 Å². The Morgan fingerprint density at radius 3 is 2.85 bits per heavy atom. The Labute approximate surface area is 93.6 Å². The van der Waals surface area contributed by atoms with Gasteiger partial charge in [-0.05, 0) is 40.8 Å². The van der Waals surface area contributed by atoms with Gasteiger partial charge in [-0.3, -0.25) is 4.79 Å². The monoisotopic (exact) mass is 313 g/mol. The van der Waals surface area contributed by atoms with Crippen LogP contribution >= 0.6 is 34.2 Å². The minimum absolute atomic E-state index is 0.577. The number of hydrogen-bond acceptors (Lipinski definition) is 1. The molecular weight excluding hydrogens is 307 g/mol. The van der Waals surface area contributed by atoms with Crippen LogP contribution in [0.1, 0.15) is 0 Å². The molecule has 1 rings (SSSR count). The smallest absolute Gasteiger partial charge is 0.255 e. The van der Waals surface area contributed by atoms with Gasteiger partial charge in [0.15, 0.2) is 6.67 Å². The predicted octanol–water partition coefficient (Wildman–Crippen LogP) is 2.85. The first-order valence-electron chi connectivity index (χ1n) is 3.44. The van der Waals surface area contributed by atoms with Gasteiger partial charge in [-0.15, -0.1) is 0 Å². The molecule has 0 heterocycles. The summed E-state index contributed by atoms with van der Waals surface area (Å²) in [6.45, 7) is -1.02. The van der Waals surface area contributed by atoms with Crippen LogP contribution in [0.15, 0.2) is 18.2 Å². The minimum atomic E-state index is -1.02. The lowest BCUT2D eigenvalue weighted by Crippen LogP contribution is -2.13. The molecule has 0 saturated carbocycles. The van der Waals surface area contributed by atoms with Gasteiger partial charge in [-0.1, -0.05) is 11.6 Å². The van der Waals surface area contributed by atoms with E-state index < -0.39 is 12.6 Å². The maximum atomic E-state index is 11.8. The molecule has 13 heavy (non-hydrogen) atoms. The molecule has 1 N–H and O–H groups in total. The summed E-state index contributed by atoms with van der Waals surface area (Å²) in [5.41, 5.74) is 0.577. The summed E-state index contributed by atoms with van der Waals surface area (Å²) in [4.78, 5) is 10.7. The zero-order valence-electron chi connectivity index (χ0n) is 6.48. The number of hydrogen-bond donors (Lipinski definition) is 1. The van der Waals surface area contributed by atoms with E-state index in [2.05, 4.69) is 5.32 Å². The first-order valence-corrected chi connectivity index (χ1v) is 4.90. The predicted molar refractivity (Wildman–Crippen MR) is 58.8 cm³/mol. The lowest BCUT2D eigenvalue weighted by molar-refractivity contribution is -0.117. The second kappa shape index (κ2) is 4.76. The Bertz CT molecular complexity index is 332. The van der Waals surface area contributed by atoms with Crippen LogP contribution in [0, 0.1) is 3.57 Å². The van der Waals surface area contributed by atoms with E-state index >= 15 is 0 Å². The molecule has 1 amide bonds. The van der Waals surface area contributed by atoms with E-state index in [-0.39, 0.29) is 0 Å². The summed E-state index contributed by atoms with van der Waals surface area (Å²) < 4.78 is 12.6. The number of anilines is 1. The third kappa shape index (κ3) is 3.11. The Kier molecular flexibility index (Phi) is 3.92. The van der Waals surface area contributed by atoms with Crippen LogP contribution in [0.25, 0.3) is 0 Å². The van der Waals surface area contributed by atoms with Gasteiger partial charge >= 0.3 is 0 Å². The zero-order chi connectivity index (χ0) is 9.84. The first-order chi connectivity index (χ1) is 6.13. The third-order valence-corrected chi connectivity index (χ3v) is 2.45. The van der Waals surface area contributed by atoms with Crippen molar-refractivity contribution in [1.82, 2.24) is 0 Å². The van der Waals surface area contributed by atoms with Crippen LogP contribution < -0.4 is 5.32 Å². The second-order valence-electron chi connectivity index (χ2n) is 2.31. The molecule has 1 aromatic rings. The van der Waals surface area contributed by atoms with Crippen LogP contribution in [0.2, 0.25) is 5.02 Å². The summed E-state index contributed by atoms with van der Waals surface area (Å²) >= 11 is 7.71. The second-order valence-corrected chi connectivity index (χ2v) is 3.90. The molecule has 5 heteroatoms. The Morgan fingerprint density at radius 1 is 1.62 bits per heavy atom. The Hall–Kier alpha value is -0.360. The van der Waals surface area contributed by atoms with Gasteiger partial charge in [-0.25, -0.2) is 4.39 Å². The maximum Gasteiger partial charge on any atom is 0.255 e. The summed E-state index contributed by atoms with van der Waals surface area (Å²) in [6, 6.07) is 4.96. The highest BCUT2D eigenvalue weighted by molar-refractivity contribution is 14.1. The van der Waals surface area contributed by atoms with Crippen LogP contribution in [0.5, 0.6) is 0 Å². The fourth-order valence-corrected chi connectivity index (χ4v) is 1.78. The molecule has 0 spiro atoms. The van der Waals surface area contributed by atoms with Crippen molar-refractivity contribution in [3.05, 3.63) is 26.8 Å². The van der Waals surface area contributed by atoms with E-state index in [4.69, 9.17) is 11.6 Å². The molecule has 0 saturated heterocycles. The molecule has 0 fully saturated rings. The van der Waals surface area contributed by atoms with Crippen LogP contribution in [0.4, 0.5) is 10.1 Å². The highest BCUT2D eigenvalue weighted by atomic mass is 127. The summed E-state index contributed by atoms with van der Waals surface area (Å²) in [6.07, 6.45) is 0. The molecule has 0 aliphatic carbocycles. The van der Waals surface area contributed by atoms with Crippen LogP contribution in [-0.4, -0.2) is 12.6 Å². The topological polar surface area (TPSA) is 29.1 Å². The highest BCUT2D eigenvalue weighted by Gasteiger charge is 2.04. The van der Waals surface area contributed by atoms with E-state index in [1.165, 1.54) is 0 Å². The summed E-state index contributed by atoms with van der Waals surface area (Å²) in [5, 5.41) is 2.99. The summed E-state index contributed by atoms with van der Waals surface area (Å²) in [5.74, 6) is -0.653. The van der Waals surface area contributed by atoms with Crippen molar-refractivity contribution in [3.8, 4) is 0 Å². The Morgan fingerprint density at radius 2 is 2.31 bits per heavy atom. The lowest BCUT2D eigenvalue weighted by atomic mass is 10.3. The lowest BCUT2D eigenvalue weighted by Gasteiger charge is -2.04. The third-order valence-electron chi connectivity index (χ3n) is 1.33. The Balaban J connectivity index is 2.83. The molecule has 0 aliphatic heterocycles. The van der Waals surface area contributed by atoms with Crippen molar-refractivity contribution in [2.24, 2.45) is 0 Å². The fraction of sp³-hybridized carbons (Fsp3) is 0.125. The molecule has 2 nitrogen and oxygen atoms in total. The zero-order valence-corrected chi connectivity index (χ0v) is 9.39. The molecular formula is C8H6ClFINO. The number of nitrogens with one attached hydrogen (secondary N) is 1. The first kappa shape index (κ1) is 10.7. The van der Waals surface area contributed by atoms with Gasteiger partial charge in [0, 0.05) is 8.59 Å². The van der Waals surface area contributed by atoms with E-state index in [1.54, 1.807) is 18.2 Å². The average molecular weight is 313 g/mol. The number of halogens is 3. The number of rotatable bonds is 2. The summed E-state index contributed by atoms with van der Waals surface area (Å²) in [7, 11) is 0. The van der Waals surface area contributed by atoms with E-state index in [0.717, 1.165) is 3.57 Å². The average Bonchev–Trinajstić information content (AvgIpc) is 2.09. The van der Waals surface area contributed by atoms with Crippen LogP contribution in [-0.2, 0) is 4.79 Å². The number of amides is 1. The molecule has 70 valence electrons. The normalized spacial score (nSPS) is 9.77. The van der Waals surface area contributed by atoms with Crippen molar-refractivity contribution in [2.45, 2.75) is 0 Å². The molecule has 0 atom stereocenters. The van der Waals surface area contributed by atoms with Gasteiger partial charge in [0.1, 0.15) is 0 Å². The number of carbonyl (C=O) groups excluding carboxylic acids is 1. The molecule has 0 aromatic heterocycles. The van der Waals surface area contributed by atoms with Gasteiger partial charge in [-0.2, -0.15) is 0 Å². The standard InChI is InChI=1S/C8H6ClFINO/c9-5-1-2-7(6(11)3-5)12-8(13)4-10/h1-3H,4H2,(H,12,13). The van der Waals surface area contributed by atoms with Gasteiger partial charge < -0.3 is 5.32 Å². The van der Waals surface area contributed by atoms with E-state index in [1.807, 2.05) is 22.6 Å². The highest BCUT2D eigenvalue weighted by Crippen LogP contribution is 2.22. The molecule has 0 bridgehead atoms. The van der Waals surface area contributed by atoms with Crippen molar-refractivity contribution in [2.75, 3.05) is 12.0 Å². The molecule has 0 aliphatic rings. The van der Waals surface area contributed by atoms with Crippen LogP contribution in [0.3, 0.4) is 0 Å². The fourth-order valence-electron chi connectivity index (χ4n) is 0.774. The van der Waals surface area contributed by atoms with Gasteiger partial charge in [0.05, 0.1) is 5.69 Å². The van der Waals surface area contributed by atoms with Crippen molar-refractivity contribution in [1.29, 1.82) is 0 Å². The minimum Gasteiger partial charge on any atom is -0.323 e. The molecule has 0 radical (unpaired) electrons. The van der Waals surface area contributed by atoms with Crippen molar-refractivity contribution in [3.63, 3.8) is 0 Å². The van der Waals surface area contributed by atoms with Gasteiger partial charge in [0.2, 0.25) is 0 Å². The SMILES string of the molecule is O=C(CF)Nc1ccc(Cl)cc1I. The largest absolute Gasteiger partial charge is 0.323 e. The molecule has 1 aromatic carbocycles. The molecule has 0 unspecified atom stereocenters. The number of carbonyl (C=O) groups is 1. The van der Waals surface area contributed by atoms with E-state index in [9.17, 15) is 9.18 Å². The maximum absolute atomic E-state index is 11.8. The number of benzene rings is 1. The van der Waals surface area contributed by atoms with Crippen molar-refractivity contribution >= 4 is 45.8 Å². The quantitative estimate of drug-likeness (QED) is 0.836. The van der Waals surface area contributed by atoms with Gasteiger partial charge in [0.25, 0.3) is 5.91 Å². The van der Waals surface area contributed by atoms with E-state index in [0.29, 0.717) is 10.7 Å².